The van der Waals surface area contributed by atoms with Crippen molar-refractivity contribution < 1.29 is 22.8 Å². The van der Waals surface area contributed by atoms with Crippen LogP contribution in [-0.2, 0) is 17.5 Å². The largest absolute Gasteiger partial charge is 0.416 e. The van der Waals surface area contributed by atoms with Crippen molar-refractivity contribution in [3.63, 3.8) is 0 Å². The second-order valence-electron chi connectivity index (χ2n) is 9.32. The third-order valence-corrected chi connectivity index (χ3v) is 7.18. The third-order valence-electron chi connectivity index (χ3n) is 7.18. The normalized spacial score (nSPS) is 21.2. The van der Waals surface area contributed by atoms with Crippen LogP contribution < -0.4 is 5.32 Å². The number of likely N-dealkylation sites (tertiary alicyclic amines) is 1. The number of benzene rings is 2. The molecule has 8 heteroatoms. The summed E-state index contributed by atoms with van der Waals surface area (Å²) in [6.07, 6.45) is -2.61. The molecule has 2 aliphatic rings. The van der Waals surface area contributed by atoms with Crippen LogP contribution in [0.2, 0.25) is 0 Å². The summed E-state index contributed by atoms with van der Waals surface area (Å²) in [4.78, 5) is 29.9. The minimum atomic E-state index is -4.44. The Kier molecular flexibility index (Phi) is 6.71. The number of alkyl halides is 3. The van der Waals surface area contributed by atoms with Crippen molar-refractivity contribution in [2.24, 2.45) is 5.92 Å². The summed E-state index contributed by atoms with van der Waals surface area (Å²) in [5, 5.41) is 3.54. The number of rotatable bonds is 5. The highest BCUT2D eigenvalue weighted by Crippen LogP contribution is 2.37. The summed E-state index contributed by atoms with van der Waals surface area (Å²) >= 11 is 0. The first-order chi connectivity index (χ1) is 16.1. The zero-order chi connectivity index (χ0) is 24.5. The first-order valence-electron chi connectivity index (χ1n) is 11.7. The fraction of sp³-hybridized carbons (Fsp3) is 0.462. The van der Waals surface area contributed by atoms with Gasteiger partial charge in [0, 0.05) is 38.0 Å². The van der Waals surface area contributed by atoms with Crippen molar-refractivity contribution >= 4 is 11.8 Å². The standard InChI is InChI=1S/C26H30F3N3O2/c1-3-18(2)22-24(34)32(17-19-8-7-11-21(16-19)26(27,28)29)25(30-22)12-14-31(15-13-25)23(33)20-9-5-4-6-10-20/h4-11,16,18,22,30H,3,12-15,17H2,1-2H3/t18-,22-/m1/s1. The topological polar surface area (TPSA) is 52.7 Å². The Bertz CT molecular complexity index is 1030. The van der Waals surface area contributed by atoms with E-state index in [4.69, 9.17) is 0 Å². The SMILES string of the molecule is CC[C@@H](C)[C@H]1NC2(CCN(C(=O)c3ccccc3)CC2)N(Cc2cccc(C(F)(F)F)c2)C1=O. The maximum absolute atomic E-state index is 13.5. The van der Waals surface area contributed by atoms with Crippen LogP contribution in [0.4, 0.5) is 13.2 Å². The van der Waals surface area contributed by atoms with E-state index in [1.165, 1.54) is 6.07 Å². The van der Waals surface area contributed by atoms with E-state index in [1.54, 1.807) is 28.0 Å². The molecule has 34 heavy (non-hydrogen) atoms. The zero-order valence-corrected chi connectivity index (χ0v) is 19.4. The molecule has 0 saturated carbocycles. The molecule has 0 radical (unpaired) electrons. The molecule has 2 aromatic carbocycles. The van der Waals surface area contributed by atoms with Crippen LogP contribution in [0.15, 0.2) is 54.6 Å². The van der Waals surface area contributed by atoms with Gasteiger partial charge >= 0.3 is 6.18 Å². The molecule has 182 valence electrons. The average Bonchev–Trinajstić information content (AvgIpc) is 3.10. The Balaban J connectivity index is 1.57. The van der Waals surface area contributed by atoms with Gasteiger partial charge in [0.2, 0.25) is 5.91 Å². The first kappa shape index (κ1) is 24.3. The Hall–Kier alpha value is -2.87. The van der Waals surface area contributed by atoms with Gasteiger partial charge in [-0.1, -0.05) is 50.6 Å². The third kappa shape index (κ3) is 4.69. The van der Waals surface area contributed by atoms with Crippen molar-refractivity contribution in [1.82, 2.24) is 15.1 Å². The summed E-state index contributed by atoms with van der Waals surface area (Å²) in [6, 6.07) is 13.8. The van der Waals surface area contributed by atoms with E-state index >= 15 is 0 Å². The fourth-order valence-corrected chi connectivity index (χ4v) is 4.94. The van der Waals surface area contributed by atoms with Crippen LogP contribution in [-0.4, -0.2) is 46.4 Å². The summed E-state index contributed by atoms with van der Waals surface area (Å²) in [6.45, 7) is 5.03. The molecule has 0 aliphatic carbocycles. The minimum absolute atomic E-state index is 0.0531. The number of carbonyl (C=O) groups excluding carboxylic acids is 2. The van der Waals surface area contributed by atoms with Gasteiger partial charge in [0.05, 0.1) is 17.3 Å². The fourth-order valence-electron chi connectivity index (χ4n) is 4.94. The number of halogens is 3. The highest BCUT2D eigenvalue weighted by molar-refractivity contribution is 5.94. The lowest BCUT2D eigenvalue weighted by molar-refractivity contribution is -0.137. The van der Waals surface area contributed by atoms with Gasteiger partial charge in [-0.3, -0.25) is 14.9 Å². The monoisotopic (exact) mass is 473 g/mol. The Morgan fingerprint density at radius 1 is 1.12 bits per heavy atom. The Labute approximate surface area is 197 Å². The van der Waals surface area contributed by atoms with Gasteiger partial charge in [0.25, 0.3) is 5.91 Å². The number of hydrogen-bond acceptors (Lipinski definition) is 3. The molecule has 2 fully saturated rings. The molecule has 1 spiro atoms. The number of hydrogen-bond donors (Lipinski definition) is 1. The molecule has 2 amide bonds. The van der Waals surface area contributed by atoms with Crippen molar-refractivity contribution in [3.05, 3.63) is 71.3 Å². The highest BCUT2D eigenvalue weighted by atomic mass is 19.4. The van der Waals surface area contributed by atoms with Gasteiger partial charge in [0.1, 0.15) is 0 Å². The predicted octanol–water partition coefficient (Wildman–Crippen LogP) is 4.68. The molecule has 2 atom stereocenters. The van der Waals surface area contributed by atoms with Crippen LogP contribution >= 0.6 is 0 Å². The van der Waals surface area contributed by atoms with Gasteiger partial charge in [-0.25, -0.2) is 0 Å². The molecule has 0 bridgehead atoms. The Morgan fingerprint density at radius 2 is 1.79 bits per heavy atom. The van der Waals surface area contributed by atoms with E-state index in [0.717, 1.165) is 18.6 Å². The zero-order valence-electron chi connectivity index (χ0n) is 19.4. The van der Waals surface area contributed by atoms with Gasteiger partial charge < -0.3 is 9.80 Å². The second-order valence-corrected chi connectivity index (χ2v) is 9.32. The molecular formula is C26H30F3N3O2. The van der Waals surface area contributed by atoms with Crippen molar-refractivity contribution in [2.45, 2.75) is 57.5 Å². The maximum Gasteiger partial charge on any atom is 0.416 e. The minimum Gasteiger partial charge on any atom is -0.338 e. The molecular weight excluding hydrogens is 443 g/mol. The van der Waals surface area contributed by atoms with Gasteiger partial charge in [-0.15, -0.1) is 0 Å². The molecule has 2 aliphatic heterocycles. The second kappa shape index (κ2) is 9.41. The lowest BCUT2D eigenvalue weighted by Gasteiger charge is -2.45. The lowest BCUT2D eigenvalue weighted by Crippen LogP contribution is -2.59. The molecule has 5 nitrogen and oxygen atoms in total. The first-order valence-corrected chi connectivity index (χ1v) is 11.7. The van der Waals surface area contributed by atoms with Crippen LogP contribution in [0.5, 0.6) is 0 Å². The number of piperidine rings is 1. The van der Waals surface area contributed by atoms with Crippen LogP contribution in [0, 0.1) is 5.92 Å². The number of amides is 2. The molecule has 0 unspecified atom stereocenters. The number of nitrogens with one attached hydrogen (secondary N) is 1. The van der Waals surface area contributed by atoms with E-state index in [0.29, 0.717) is 37.1 Å². The van der Waals surface area contributed by atoms with E-state index < -0.39 is 23.4 Å². The quantitative estimate of drug-likeness (QED) is 0.686. The Morgan fingerprint density at radius 3 is 2.41 bits per heavy atom. The maximum atomic E-state index is 13.5. The van der Waals surface area contributed by atoms with Crippen molar-refractivity contribution in [2.75, 3.05) is 13.1 Å². The molecule has 2 saturated heterocycles. The highest BCUT2D eigenvalue weighted by Gasteiger charge is 2.52. The lowest BCUT2D eigenvalue weighted by atomic mass is 9.94. The van der Waals surface area contributed by atoms with Crippen molar-refractivity contribution in [3.8, 4) is 0 Å². The summed E-state index contributed by atoms with van der Waals surface area (Å²) in [5.74, 6) is -0.0582. The summed E-state index contributed by atoms with van der Waals surface area (Å²) in [5.41, 5.74) is -0.350. The molecule has 4 rings (SSSR count). The predicted molar refractivity (Wildman–Crippen MR) is 123 cm³/mol. The molecule has 0 aromatic heterocycles. The van der Waals surface area contributed by atoms with E-state index in [-0.39, 0.29) is 24.3 Å². The van der Waals surface area contributed by atoms with Crippen molar-refractivity contribution in [1.29, 1.82) is 0 Å². The van der Waals surface area contributed by atoms with Gasteiger partial charge in [-0.2, -0.15) is 13.2 Å². The molecule has 1 N–H and O–H groups in total. The number of nitrogens with zero attached hydrogens (tertiary/aromatic N) is 2. The summed E-state index contributed by atoms with van der Waals surface area (Å²) in [7, 11) is 0. The van der Waals surface area contributed by atoms with E-state index in [9.17, 15) is 22.8 Å². The van der Waals surface area contributed by atoms with E-state index in [2.05, 4.69) is 5.32 Å². The van der Waals surface area contributed by atoms with Crippen LogP contribution in [0.1, 0.15) is 54.6 Å². The number of carbonyl (C=O) groups is 2. The van der Waals surface area contributed by atoms with Crippen LogP contribution in [0.25, 0.3) is 0 Å². The van der Waals surface area contributed by atoms with Gasteiger partial charge in [0.15, 0.2) is 0 Å². The van der Waals surface area contributed by atoms with E-state index in [1.807, 2.05) is 32.0 Å². The average molecular weight is 474 g/mol. The smallest absolute Gasteiger partial charge is 0.338 e. The van der Waals surface area contributed by atoms with Gasteiger partial charge in [-0.05, 0) is 35.7 Å². The molecule has 2 heterocycles. The van der Waals surface area contributed by atoms with Crippen LogP contribution in [0.3, 0.4) is 0 Å². The summed E-state index contributed by atoms with van der Waals surface area (Å²) < 4.78 is 39.7. The molecule has 2 aromatic rings.